The molecule has 2 aromatic heterocycles. The van der Waals surface area contributed by atoms with E-state index in [-0.39, 0.29) is 0 Å². The van der Waals surface area contributed by atoms with Crippen LogP contribution in [0.25, 0.3) is 120 Å². The molecular formula is C52H30O2. The molecule has 250 valence electrons. The first-order chi connectivity index (χ1) is 26.8. The topological polar surface area (TPSA) is 26.3 Å². The molecule has 0 saturated carbocycles. The predicted molar refractivity (Wildman–Crippen MR) is 227 cm³/mol. The second-order valence-electron chi connectivity index (χ2n) is 14.3. The van der Waals surface area contributed by atoms with Crippen molar-refractivity contribution in [3.63, 3.8) is 0 Å². The van der Waals surface area contributed by atoms with Crippen LogP contribution in [-0.4, -0.2) is 0 Å². The number of hydrogen-bond acceptors (Lipinski definition) is 2. The van der Waals surface area contributed by atoms with Gasteiger partial charge in [0.25, 0.3) is 0 Å². The van der Waals surface area contributed by atoms with E-state index in [0.717, 1.165) is 60.2 Å². The van der Waals surface area contributed by atoms with Crippen molar-refractivity contribution in [1.82, 2.24) is 0 Å². The zero-order chi connectivity index (χ0) is 35.3. The number of benzene rings is 10. The Morgan fingerprint density at radius 2 is 0.685 bits per heavy atom. The van der Waals surface area contributed by atoms with Crippen molar-refractivity contribution < 1.29 is 8.83 Å². The van der Waals surface area contributed by atoms with E-state index in [1.807, 2.05) is 12.1 Å². The van der Waals surface area contributed by atoms with Crippen LogP contribution in [0.3, 0.4) is 0 Å². The van der Waals surface area contributed by atoms with E-state index in [1.165, 1.54) is 60.1 Å². The van der Waals surface area contributed by atoms with Gasteiger partial charge in [-0.15, -0.1) is 0 Å². The Labute approximate surface area is 310 Å². The van der Waals surface area contributed by atoms with Crippen molar-refractivity contribution in [1.29, 1.82) is 0 Å². The molecule has 0 fully saturated rings. The van der Waals surface area contributed by atoms with Crippen molar-refractivity contribution in [2.75, 3.05) is 0 Å². The quantitative estimate of drug-likeness (QED) is 0.173. The second kappa shape index (κ2) is 11.2. The molecule has 0 saturated heterocycles. The highest BCUT2D eigenvalue weighted by molar-refractivity contribution is 6.25. The lowest BCUT2D eigenvalue weighted by atomic mass is 9.84. The van der Waals surface area contributed by atoms with Crippen LogP contribution < -0.4 is 0 Å². The maximum Gasteiger partial charge on any atom is 0.143 e. The molecule has 0 atom stereocenters. The third-order valence-electron chi connectivity index (χ3n) is 11.5. The molecule has 12 aromatic rings. The molecule has 0 unspecified atom stereocenters. The summed E-state index contributed by atoms with van der Waals surface area (Å²) in [6.45, 7) is 0. The molecule has 0 N–H and O–H groups in total. The molecule has 54 heavy (non-hydrogen) atoms. The molecule has 0 aliphatic carbocycles. The maximum absolute atomic E-state index is 6.63. The molecule has 0 spiro atoms. The lowest BCUT2D eigenvalue weighted by Crippen LogP contribution is -1.92. The summed E-state index contributed by atoms with van der Waals surface area (Å²) in [5.74, 6) is 0. The van der Waals surface area contributed by atoms with Gasteiger partial charge in [0.15, 0.2) is 0 Å². The van der Waals surface area contributed by atoms with Crippen LogP contribution in [0.1, 0.15) is 0 Å². The summed E-state index contributed by atoms with van der Waals surface area (Å²) < 4.78 is 13.0. The number of hydrogen-bond donors (Lipinski definition) is 0. The highest BCUT2D eigenvalue weighted by Gasteiger charge is 2.20. The summed E-state index contributed by atoms with van der Waals surface area (Å²) in [6, 6.07) is 65.6. The minimum atomic E-state index is 0.878. The summed E-state index contributed by atoms with van der Waals surface area (Å²) in [5.41, 5.74) is 10.9. The number of para-hydroxylation sites is 1. The van der Waals surface area contributed by atoms with Crippen molar-refractivity contribution in [3.05, 3.63) is 182 Å². The number of furan rings is 2. The van der Waals surface area contributed by atoms with Crippen LogP contribution in [0.5, 0.6) is 0 Å². The predicted octanol–water partition coefficient (Wildman–Crippen LogP) is 15.1. The van der Waals surface area contributed by atoms with E-state index in [0.29, 0.717) is 0 Å². The first kappa shape index (κ1) is 29.4. The van der Waals surface area contributed by atoms with Crippen molar-refractivity contribution in [3.8, 4) is 33.4 Å². The molecule has 0 bridgehead atoms. The van der Waals surface area contributed by atoms with Crippen LogP contribution in [0.2, 0.25) is 0 Å². The fourth-order valence-corrected chi connectivity index (χ4v) is 9.09. The van der Waals surface area contributed by atoms with Gasteiger partial charge in [-0.25, -0.2) is 0 Å². The van der Waals surface area contributed by atoms with Gasteiger partial charge >= 0.3 is 0 Å². The minimum absolute atomic E-state index is 0.878. The van der Waals surface area contributed by atoms with Gasteiger partial charge in [0.1, 0.15) is 22.3 Å². The standard InChI is InChI=1S/C52H30O2/c1-2-12-31(13-3-1)49-37-17-6-8-19-39(37)50(40-20-9-7-18-38(40)49)41-24-23-33(34-14-4-5-15-35(34)41)32-22-29-48-46(30-32)45-28-27-43-44(52(45)54-48)26-25-42-36-16-10-11-21-47(36)53-51(42)43/h1-30H. The van der Waals surface area contributed by atoms with Gasteiger partial charge in [-0.2, -0.15) is 0 Å². The summed E-state index contributed by atoms with van der Waals surface area (Å²) >= 11 is 0. The monoisotopic (exact) mass is 686 g/mol. The molecule has 2 heteroatoms. The lowest BCUT2D eigenvalue weighted by Gasteiger charge is -2.19. The van der Waals surface area contributed by atoms with Gasteiger partial charge in [0.05, 0.1) is 0 Å². The SMILES string of the molecule is c1ccc(-c2c3ccccc3c(-c3ccc(-c4ccc5oc6c(ccc7c6ccc6c8ccccc8oc67)c5c4)c4ccccc34)c3ccccc23)cc1. The largest absolute Gasteiger partial charge is 0.455 e. The van der Waals surface area contributed by atoms with Crippen molar-refractivity contribution in [2.24, 2.45) is 0 Å². The van der Waals surface area contributed by atoms with Crippen LogP contribution in [0, 0.1) is 0 Å². The molecule has 2 heterocycles. The summed E-state index contributed by atoms with van der Waals surface area (Å²) in [7, 11) is 0. The Morgan fingerprint density at radius 3 is 1.31 bits per heavy atom. The third-order valence-corrected chi connectivity index (χ3v) is 11.5. The van der Waals surface area contributed by atoms with E-state index in [1.54, 1.807) is 0 Å². The highest BCUT2D eigenvalue weighted by Crippen LogP contribution is 2.47. The lowest BCUT2D eigenvalue weighted by molar-refractivity contribution is 0.669. The Hall–Kier alpha value is -7.16. The highest BCUT2D eigenvalue weighted by atomic mass is 16.3. The summed E-state index contributed by atoms with van der Waals surface area (Å²) in [4.78, 5) is 0. The Balaban J connectivity index is 1.07. The van der Waals surface area contributed by atoms with E-state index in [4.69, 9.17) is 8.83 Å². The van der Waals surface area contributed by atoms with Gasteiger partial charge < -0.3 is 8.83 Å². The summed E-state index contributed by atoms with van der Waals surface area (Å²) in [6.07, 6.45) is 0. The first-order valence-corrected chi connectivity index (χ1v) is 18.5. The normalized spacial score (nSPS) is 12.1. The molecule has 12 rings (SSSR count). The van der Waals surface area contributed by atoms with E-state index in [9.17, 15) is 0 Å². The maximum atomic E-state index is 6.63. The number of fused-ring (bicyclic) bond motifs is 12. The van der Waals surface area contributed by atoms with Crippen LogP contribution in [0.4, 0.5) is 0 Å². The minimum Gasteiger partial charge on any atom is -0.455 e. The Kier molecular flexibility index (Phi) is 6.09. The molecule has 0 aliphatic rings. The molecule has 0 radical (unpaired) electrons. The van der Waals surface area contributed by atoms with Crippen LogP contribution >= 0.6 is 0 Å². The van der Waals surface area contributed by atoms with Crippen LogP contribution in [0.15, 0.2) is 191 Å². The Bertz CT molecular complexity index is 3430. The van der Waals surface area contributed by atoms with E-state index < -0.39 is 0 Å². The molecule has 0 aliphatic heterocycles. The zero-order valence-electron chi connectivity index (χ0n) is 29.1. The van der Waals surface area contributed by atoms with E-state index in [2.05, 4.69) is 170 Å². The average molecular weight is 687 g/mol. The van der Waals surface area contributed by atoms with Gasteiger partial charge in [0.2, 0.25) is 0 Å². The van der Waals surface area contributed by atoms with Gasteiger partial charge in [0, 0.05) is 32.3 Å². The van der Waals surface area contributed by atoms with Crippen molar-refractivity contribution in [2.45, 2.75) is 0 Å². The van der Waals surface area contributed by atoms with Crippen LogP contribution in [-0.2, 0) is 0 Å². The fraction of sp³-hybridized carbons (Fsp3) is 0. The van der Waals surface area contributed by atoms with E-state index >= 15 is 0 Å². The fourth-order valence-electron chi connectivity index (χ4n) is 9.09. The summed E-state index contributed by atoms with van der Waals surface area (Å²) in [5, 5.41) is 14.1. The van der Waals surface area contributed by atoms with Gasteiger partial charge in [-0.1, -0.05) is 140 Å². The molecule has 0 amide bonds. The smallest absolute Gasteiger partial charge is 0.143 e. The molecular weight excluding hydrogens is 657 g/mol. The third kappa shape index (κ3) is 4.11. The zero-order valence-corrected chi connectivity index (χ0v) is 29.1. The van der Waals surface area contributed by atoms with Gasteiger partial charge in [-0.05, 0) is 108 Å². The first-order valence-electron chi connectivity index (χ1n) is 18.5. The van der Waals surface area contributed by atoms with Crippen molar-refractivity contribution >= 4 is 87.0 Å². The van der Waals surface area contributed by atoms with Gasteiger partial charge in [-0.3, -0.25) is 0 Å². The second-order valence-corrected chi connectivity index (χ2v) is 14.3. The number of rotatable bonds is 3. The Morgan fingerprint density at radius 1 is 0.241 bits per heavy atom. The average Bonchev–Trinajstić information content (AvgIpc) is 3.81. The molecule has 2 nitrogen and oxygen atoms in total. The molecule has 10 aromatic carbocycles.